The molecule has 0 aliphatic carbocycles. The monoisotopic (exact) mass is 450 g/mol. The molecule has 1 aliphatic heterocycles. The normalized spacial score (nSPS) is 16.8. The van der Waals surface area contributed by atoms with E-state index in [0.717, 1.165) is 11.3 Å². The van der Waals surface area contributed by atoms with Gasteiger partial charge >= 0.3 is 5.97 Å². The molecule has 0 fully saturated rings. The molecule has 3 rings (SSSR count). The minimum atomic E-state index is -1.35. The molecule has 0 bridgehead atoms. The van der Waals surface area contributed by atoms with E-state index in [4.69, 9.17) is 19.7 Å². The second-order valence-electron chi connectivity index (χ2n) is 7.26. The molecule has 0 saturated carbocycles. The SMILES string of the molecule is CCOC(=O)C1(CNc2ccccc2C(=O)NOCc2ccc(C#N)cc2)C=C(CC)NO1. The van der Waals surface area contributed by atoms with Gasteiger partial charge in [-0.2, -0.15) is 5.26 Å². The minimum absolute atomic E-state index is 0.0543. The number of amides is 1. The molecule has 1 heterocycles. The summed E-state index contributed by atoms with van der Waals surface area (Å²) in [6.45, 7) is 4.08. The number of esters is 1. The first kappa shape index (κ1) is 23.8. The zero-order valence-electron chi connectivity index (χ0n) is 18.5. The Hall–Kier alpha value is -3.87. The molecule has 3 N–H and O–H groups in total. The Morgan fingerprint density at radius 2 is 1.91 bits per heavy atom. The standard InChI is InChI=1S/C24H26N4O5/c1-3-19-13-24(33-27-19,23(30)31-4-2)16-26-21-8-6-5-7-20(21)22(29)28-32-15-18-11-9-17(14-25)10-12-18/h5-13,26-27H,3-4,15-16H2,1-2H3,(H,28,29). The zero-order valence-corrected chi connectivity index (χ0v) is 18.5. The molecule has 2 aromatic rings. The quantitative estimate of drug-likeness (QED) is 0.373. The van der Waals surface area contributed by atoms with Gasteiger partial charge in [0.25, 0.3) is 5.91 Å². The Balaban J connectivity index is 1.65. The number of nitriles is 1. The Bertz CT molecular complexity index is 1060. The molecule has 0 aromatic heterocycles. The van der Waals surface area contributed by atoms with Crippen LogP contribution in [0.25, 0.3) is 0 Å². The molecule has 1 aliphatic rings. The number of hydrogen-bond donors (Lipinski definition) is 3. The van der Waals surface area contributed by atoms with Crippen LogP contribution in [0.2, 0.25) is 0 Å². The highest BCUT2D eigenvalue weighted by Gasteiger charge is 2.44. The summed E-state index contributed by atoms with van der Waals surface area (Å²) in [4.78, 5) is 36.2. The van der Waals surface area contributed by atoms with Crippen molar-refractivity contribution in [1.29, 1.82) is 5.26 Å². The summed E-state index contributed by atoms with van der Waals surface area (Å²) in [5.41, 5.74) is 6.80. The Kier molecular flexibility index (Phi) is 8.02. The number of ether oxygens (including phenoxy) is 1. The Morgan fingerprint density at radius 3 is 2.58 bits per heavy atom. The third-order valence-electron chi connectivity index (χ3n) is 4.97. The van der Waals surface area contributed by atoms with Gasteiger partial charge in [0.2, 0.25) is 5.60 Å². The van der Waals surface area contributed by atoms with E-state index < -0.39 is 17.5 Å². The molecule has 0 radical (unpaired) electrons. The maximum atomic E-state index is 12.7. The first-order valence-electron chi connectivity index (χ1n) is 10.6. The summed E-state index contributed by atoms with van der Waals surface area (Å²) in [6.07, 6.45) is 2.36. The number of para-hydroxylation sites is 1. The van der Waals surface area contributed by atoms with Crippen molar-refractivity contribution >= 4 is 17.6 Å². The zero-order chi connectivity index (χ0) is 23.7. The Morgan fingerprint density at radius 1 is 1.15 bits per heavy atom. The van der Waals surface area contributed by atoms with Crippen LogP contribution in [-0.4, -0.2) is 30.6 Å². The van der Waals surface area contributed by atoms with Gasteiger partial charge in [0.1, 0.15) is 0 Å². The number of nitrogens with zero attached hydrogens (tertiary/aromatic N) is 1. The van der Waals surface area contributed by atoms with Crippen molar-refractivity contribution in [2.45, 2.75) is 32.5 Å². The van der Waals surface area contributed by atoms with Crippen molar-refractivity contribution < 1.29 is 24.0 Å². The first-order valence-corrected chi connectivity index (χ1v) is 10.6. The van der Waals surface area contributed by atoms with Crippen molar-refractivity contribution in [3.8, 4) is 6.07 Å². The van der Waals surface area contributed by atoms with Crippen LogP contribution >= 0.6 is 0 Å². The van der Waals surface area contributed by atoms with Crippen molar-refractivity contribution in [2.75, 3.05) is 18.5 Å². The lowest BCUT2D eigenvalue weighted by Gasteiger charge is -2.24. The first-order chi connectivity index (χ1) is 16.0. The lowest BCUT2D eigenvalue weighted by atomic mass is 10.0. The second-order valence-corrected chi connectivity index (χ2v) is 7.26. The van der Waals surface area contributed by atoms with Crippen LogP contribution in [0.1, 0.15) is 41.8 Å². The fraction of sp³-hybridized carbons (Fsp3) is 0.292. The lowest BCUT2D eigenvalue weighted by molar-refractivity contribution is -0.167. The van der Waals surface area contributed by atoms with Crippen LogP contribution in [0.3, 0.4) is 0 Å². The number of hydrogen-bond acceptors (Lipinski definition) is 8. The largest absolute Gasteiger partial charge is 0.463 e. The number of benzene rings is 2. The molecular formula is C24H26N4O5. The van der Waals surface area contributed by atoms with Gasteiger partial charge < -0.3 is 10.1 Å². The minimum Gasteiger partial charge on any atom is -0.463 e. The molecule has 1 atom stereocenters. The summed E-state index contributed by atoms with van der Waals surface area (Å²) < 4.78 is 5.19. The summed E-state index contributed by atoms with van der Waals surface area (Å²) in [6, 6.07) is 15.8. The van der Waals surface area contributed by atoms with Gasteiger partial charge in [-0.25, -0.2) is 10.3 Å². The summed E-state index contributed by atoms with van der Waals surface area (Å²) in [5, 5.41) is 12.0. The van der Waals surface area contributed by atoms with E-state index in [-0.39, 0.29) is 19.8 Å². The molecule has 9 heteroatoms. The molecule has 2 aromatic carbocycles. The Labute approximate surface area is 192 Å². The molecule has 33 heavy (non-hydrogen) atoms. The van der Waals surface area contributed by atoms with Crippen LogP contribution in [0.15, 0.2) is 60.3 Å². The molecule has 172 valence electrons. The smallest absolute Gasteiger partial charge is 0.347 e. The van der Waals surface area contributed by atoms with E-state index in [1.54, 1.807) is 61.5 Å². The number of carbonyl (C=O) groups is 2. The van der Waals surface area contributed by atoms with Crippen molar-refractivity contribution in [3.05, 3.63) is 77.0 Å². The molecular weight excluding hydrogens is 424 g/mol. The molecule has 9 nitrogen and oxygen atoms in total. The van der Waals surface area contributed by atoms with Crippen molar-refractivity contribution in [3.63, 3.8) is 0 Å². The van der Waals surface area contributed by atoms with Gasteiger partial charge in [-0.15, -0.1) is 0 Å². The van der Waals surface area contributed by atoms with Crippen LogP contribution in [0.4, 0.5) is 5.69 Å². The van der Waals surface area contributed by atoms with Crippen LogP contribution in [0, 0.1) is 11.3 Å². The van der Waals surface area contributed by atoms with Gasteiger partial charge in [0.15, 0.2) is 0 Å². The fourth-order valence-corrected chi connectivity index (χ4v) is 3.16. The molecule has 1 unspecified atom stereocenters. The summed E-state index contributed by atoms with van der Waals surface area (Å²) in [7, 11) is 0. The molecule has 0 saturated heterocycles. The third kappa shape index (κ3) is 5.88. The van der Waals surface area contributed by atoms with Crippen LogP contribution < -0.4 is 16.3 Å². The van der Waals surface area contributed by atoms with E-state index in [2.05, 4.69) is 16.3 Å². The van der Waals surface area contributed by atoms with Gasteiger partial charge in [0.05, 0.1) is 37.0 Å². The maximum absolute atomic E-state index is 12.7. The fourth-order valence-electron chi connectivity index (χ4n) is 3.16. The number of allylic oxidation sites excluding steroid dienone is 1. The molecule has 1 amide bonds. The maximum Gasteiger partial charge on any atom is 0.347 e. The number of nitrogens with one attached hydrogen (secondary N) is 3. The average molecular weight is 450 g/mol. The van der Waals surface area contributed by atoms with E-state index in [0.29, 0.717) is 23.2 Å². The van der Waals surface area contributed by atoms with Crippen molar-refractivity contribution in [1.82, 2.24) is 11.0 Å². The van der Waals surface area contributed by atoms with Gasteiger partial charge in [-0.1, -0.05) is 31.2 Å². The van der Waals surface area contributed by atoms with Crippen LogP contribution in [-0.2, 0) is 25.8 Å². The summed E-state index contributed by atoms with van der Waals surface area (Å²) >= 11 is 0. The van der Waals surface area contributed by atoms with Crippen LogP contribution in [0.5, 0.6) is 0 Å². The molecule has 0 spiro atoms. The van der Waals surface area contributed by atoms with E-state index in [1.807, 2.05) is 13.0 Å². The van der Waals surface area contributed by atoms with Gasteiger partial charge in [-0.3, -0.25) is 19.9 Å². The second kappa shape index (κ2) is 11.1. The third-order valence-corrected chi connectivity index (χ3v) is 4.97. The number of anilines is 1. The van der Waals surface area contributed by atoms with E-state index in [9.17, 15) is 9.59 Å². The van der Waals surface area contributed by atoms with Crippen molar-refractivity contribution in [2.24, 2.45) is 0 Å². The average Bonchev–Trinajstić information content (AvgIpc) is 3.28. The highest BCUT2D eigenvalue weighted by atomic mass is 16.7. The lowest BCUT2D eigenvalue weighted by Crippen LogP contribution is -2.46. The highest BCUT2D eigenvalue weighted by Crippen LogP contribution is 2.25. The van der Waals surface area contributed by atoms with Gasteiger partial charge in [-0.05, 0) is 49.2 Å². The predicted molar refractivity (Wildman–Crippen MR) is 120 cm³/mol. The topological polar surface area (TPSA) is 122 Å². The highest BCUT2D eigenvalue weighted by molar-refractivity contribution is 5.99. The summed E-state index contributed by atoms with van der Waals surface area (Å²) in [5.74, 6) is -0.978. The number of carbonyl (C=O) groups excluding carboxylic acids is 2. The van der Waals surface area contributed by atoms with E-state index in [1.165, 1.54) is 0 Å². The number of rotatable bonds is 10. The number of hydroxylamine groups is 2. The van der Waals surface area contributed by atoms with E-state index >= 15 is 0 Å². The van der Waals surface area contributed by atoms with Gasteiger partial charge in [0, 0.05) is 11.4 Å². The predicted octanol–water partition coefficient (Wildman–Crippen LogP) is 2.96.